The number of fused-ring (bicyclic) bond motifs is 1. The van der Waals surface area contributed by atoms with E-state index in [0.29, 0.717) is 6.61 Å². The van der Waals surface area contributed by atoms with Gasteiger partial charge in [0.1, 0.15) is 5.82 Å². The molecule has 5 heteroatoms. The lowest BCUT2D eigenvalue weighted by molar-refractivity contribution is 0.154. The lowest BCUT2D eigenvalue weighted by Crippen LogP contribution is -2.24. The van der Waals surface area contributed by atoms with E-state index in [0.717, 1.165) is 41.3 Å². The van der Waals surface area contributed by atoms with Gasteiger partial charge in [0.15, 0.2) is 5.82 Å². The Hall–Kier alpha value is -1.98. The highest BCUT2D eigenvalue weighted by Crippen LogP contribution is 2.27. The van der Waals surface area contributed by atoms with Crippen molar-refractivity contribution in [2.45, 2.75) is 6.92 Å². The molecule has 4 nitrogen and oxygen atoms in total. The van der Waals surface area contributed by atoms with Gasteiger partial charge in [-0.3, -0.25) is 0 Å². The number of thiophene rings is 1. The van der Waals surface area contributed by atoms with E-state index in [1.54, 1.807) is 11.3 Å². The Kier molecular flexibility index (Phi) is 4.65. The van der Waals surface area contributed by atoms with E-state index in [1.807, 2.05) is 37.6 Å². The van der Waals surface area contributed by atoms with Gasteiger partial charge in [-0.1, -0.05) is 12.1 Å². The van der Waals surface area contributed by atoms with Crippen molar-refractivity contribution in [3.8, 4) is 11.4 Å². The molecule has 0 fully saturated rings. The number of hydrogen-bond acceptors (Lipinski definition) is 5. The van der Waals surface area contributed by atoms with Crippen molar-refractivity contribution in [3.63, 3.8) is 0 Å². The van der Waals surface area contributed by atoms with Crippen molar-refractivity contribution in [1.82, 2.24) is 9.97 Å². The van der Waals surface area contributed by atoms with Crippen LogP contribution >= 0.6 is 11.3 Å². The van der Waals surface area contributed by atoms with E-state index >= 15 is 0 Å². The fourth-order valence-electron chi connectivity index (χ4n) is 2.32. The maximum absolute atomic E-state index is 5.46. The largest absolute Gasteiger partial charge is 0.380 e. The number of para-hydroxylation sites is 1. The van der Waals surface area contributed by atoms with Crippen molar-refractivity contribution in [3.05, 3.63) is 41.1 Å². The number of hydrogen-bond donors (Lipinski definition) is 0. The Bertz CT molecular complexity index is 743. The summed E-state index contributed by atoms with van der Waals surface area (Å²) in [6, 6.07) is 10.2. The minimum Gasteiger partial charge on any atom is -0.380 e. The molecule has 0 radical (unpaired) electrons. The molecule has 0 aliphatic rings. The molecule has 0 saturated heterocycles. The van der Waals surface area contributed by atoms with Crippen molar-refractivity contribution >= 4 is 28.1 Å². The van der Waals surface area contributed by atoms with Gasteiger partial charge in [0.25, 0.3) is 0 Å². The summed E-state index contributed by atoms with van der Waals surface area (Å²) in [5, 5.41) is 5.20. The summed E-state index contributed by atoms with van der Waals surface area (Å²) in [6.07, 6.45) is 0. The second-order valence-corrected chi connectivity index (χ2v) is 5.80. The van der Waals surface area contributed by atoms with Gasteiger partial charge in [-0.15, -0.1) is 0 Å². The van der Waals surface area contributed by atoms with E-state index < -0.39 is 0 Å². The minimum absolute atomic E-state index is 0.694. The molecular weight excluding hydrogens is 294 g/mol. The Morgan fingerprint density at radius 2 is 2.05 bits per heavy atom. The Balaban J connectivity index is 2.02. The van der Waals surface area contributed by atoms with Gasteiger partial charge < -0.3 is 9.64 Å². The molecule has 0 N–H and O–H groups in total. The molecule has 114 valence electrons. The first-order valence-electron chi connectivity index (χ1n) is 7.38. The van der Waals surface area contributed by atoms with E-state index in [2.05, 4.69) is 22.4 Å². The summed E-state index contributed by atoms with van der Waals surface area (Å²) in [4.78, 5) is 11.6. The molecule has 0 saturated carbocycles. The minimum atomic E-state index is 0.694. The standard InChI is InChI=1S/C17H19N3OS/c1-3-21-10-9-20(2)17-14-6-4-5-7-15(14)18-16(19-17)13-8-11-22-12-13/h4-8,11-12H,3,9-10H2,1-2H3. The molecular formula is C17H19N3OS. The smallest absolute Gasteiger partial charge is 0.162 e. The van der Waals surface area contributed by atoms with Crippen LogP contribution in [0.4, 0.5) is 5.82 Å². The zero-order chi connectivity index (χ0) is 15.4. The zero-order valence-electron chi connectivity index (χ0n) is 12.8. The Morgan fingerprint density at radius 1 is 1.18 bits per heavy atom. The molecule has 22 heavy (non-hydrogen) atoms. The highest BCUT2D eigenvalue weighted by atomic mass is 32.1. The van der Waals surface area contributed by atoms with Crippen LogP contribution in [0.5, 0.6) is 0 Å². The number of benzene rings is 1. The third-order valence-electron chi connectivity index (χ3n) is 3.50. The van der Waals surface area contributed by atoms with Crippen LogP contribution in [0, 0.1) is 0 Å². The maximum Gasteiger partial charge on any atom is 0.162 e. The van der Waals surface area contributed by atoms with Crippen LogP contribution < -0.4 is 4.90 Å². The molecule has 0 aliphatic heterocycles. The fraction of sp³-hybridized carbons (Fsp3) is 0.294. The first-order valence-corrected chi connectivity index (χ1v) is 8.32. The summed E-state index contributed by atoms with van der Waals surface area (Å²) in [5.41, 5.74) is 2.03. The SMILES string of the molecule is CCOCCN(C)c1nc(-c2ccsc2)nc2ccccc12. The van der Waals surface area contributed by atoms with E-state index in [9.17, 15) is 0 Å². The molecule has 0 spiro atoms. The van der Waals surface area contributed by atoms with E-state index in [4.69, 9.17) is 14.7 Å². The highest BCUT2D eigenvalue weighted by molar-refractivity contribution is 7.08. The molecule has 3 rings (SSSR count). The summed E-state index contributed by atoms with van der Waals surface area (Å²) >= 11 is 1.66. The maximum atomic E-state index is 5.46. The monoisotopic (exact) mass is 313 g/mol. The molecule has 0 unspecified atom stereocenters. The van der Waals surface area contributed by atoms with Gasteiger partial charge >= 0.3 is 0 Å². The van der Waals surface area contributed by atoms with Crippen molar-refractivity contribution < 1.29 is 4.74 Å². The predicted molar refractivity (Wildman–Crippen MR) is 92.6 cm³/mol. The summed E-state index contributed by atoms with van der Waals surface area (Å²) in [6.45, 7) is 4.24. The molecule has 2 heterocycles. The molecule has 0 atom stereocenters. The molecule has 0 amide bonds. The van der Waals surface area contributed by atoms with Crippen LogP contribution in [0.15, 0.2) is 41.1 Å². The third kappa shape index (κ3) is 3.10. The van der Waals surface area contributed by atoms with Crippen LogP contribution in [0.1, 0.15) is 6.92 Å². The first kappa shape index (κ1) is 14.9. The number of likely N-dealkylation sites (N-methyl/N-ethyl adjacent to an activating group) is 1. The van der Waals surface area contributed by atoms with Gasteiger partial charge in [-0.05, 0) is 30.5 Å². The normalized spacial score (nSPS) is 11.0. The lowest BCUT2D eigenvalue weighted by Gasteiger charge is -2.20. The van der Waals surface area contributed by atoms with Crippen molar-refractivity contribution in [2.24, 2.45) is 0 Å². The zero-order valence-corrected chi connectivity index (χ0v) is 13.6. The molecule has 0 bridgehead atoms. The molecule has 0 aliphatic carbocycles. The summed E-state index contributed by atoms with van der Waals surface area (Å²) in [5.74, 6) is 1.73. The van der Waals surface area contributed by atoms with Gasteiger partial charge in [0.05, 0.1) is 12.1 Å². The van der Waals surface area contributed by atoms with Crippen LogP contribution in [-0.2, 0) is 4.74 Å². The number of anilines is 1. The first-order chi connectivity index (χ1) is 10.8. The summed E-state index contributed by atoms with van der Waals surface area (Å²) < 4.78 is 5.46. The quantitative estimate of drug-likeness (QED) is 0.648. The second-order valence-electron chi connectivity index (χ2n) is 5.02. The van der Waals surface area contributed by atoms with Gasteiger partial charge in [-0.2, -0.15) is 11.3 Å². The molecule has 3 aromatic rings. The van der Waals surface area contributed by atoms with Gasteiger partial charge in [0, 0.05) is 36.5 Å². The topological polar surface area (TPSA) is 38.2 Å². The number of rotatable bonds is 6. The molecule has 2 aromatic heterocycles. The van der Waals surface area contributed by atoms with Crippen molar-refractivity contribution in [1.29, 1.82) is 0 Å². The Labute approximate surface area is 134 Å². The average Bonchev–Trinajstić information content (AvgIpc) is 3.08. The van der Waals surface area contributed by atoms with Crippen LogP contribution in [-0.4, -0.2) is 36.8 Å². The van der Waals surface area contributed by atoms with Crippen LogP contribution in [0.2, 0.25) is 0 Å². The Morgan fingerprint density at radius 3 is 2.82 bits per heavy atom. The van der Waals surface area contributed by atoms with Gasteiger partial charge in [0.2, 0.25) is 0 Å². The van der Waals surface area contributed by atoms with Crippen LogP contribution in [0.3, 0.4) is 0 Å². The summed E-state index contributed by atoms with van der Waals surface area (Å²) in [7, 11) is 2.05. The lowest BCUT2D eigenvalue weighted by atomic mass is 10.2. The number of ether oxygens (including phenoxy) is 1. The van der Waals surface area contributed by atoms with Crippen molar-refractivity contribution in [2.75, 3.05) is 31.7 Å². The van der Waals surface area contributed by atoms with Gasteiger partial charge in [-0.25, -0.2) is 9.97 Å². The number of nitrogens with zero attached hydrogens (tertiary/aromatic N) is 3. The fourth-order valence-corrected chi connectivity index (χ4v) is 2.96. The third-order valence-corrected chi connectivity index (χ3v) is 4.18. The van der Waals surface area contributed by atoms with Crippen LogP contribution in [0.25, 0.3) is 22.3 Å². The average molecular weight is 313 g/mol. The second kappa shape index (κ2) is 6.85. The molecule has 1 aromatic carbocycles. The number of aromatic nitrogens is 2. The van der Waals surface area contributed by atoms with E-state index in [-0.39, 0.29) is 0 Å². The predicted octanol–water partition coefficient (Wildman–Crippen LogP) is 3.83. The highest BCUT2D eigenvalue weighted by Gasteiger charge is 2.12. The van der Waals surface area contributed by atoms with E-state index in [1.165, 1.54) is 0 Å².